The molecule has 1 saturated heterocycles. The highest BCUT2D eigenvalue weighted by Gasteiger charge is 2.39. The molecule has 1 rings (SSSR count). The molecule has 1 fully saturated rings. The zero-order valence-electron chi connectivity index (χ0n) is 9.17. The van der Waals surface area contributed by atoms with Crippen molar-refractivity contribution in [2.24, 2.45) is 0 Å². The number of carbonyl (C=O) groups excluding carboxylic acids is 1. The van der Waals surface area contributed by atoms with Crippen molar-refractivity contribution in [3.63, 3.8) is 0 Å². The molecule has 6 heteroatoms. The maximum Gasteiger partial charge on any atom is 0.326 e. The Balaban J connectivity index is 2.73. The second kappa shape index (κ2) is 4.98. The van der Waals surface area contributed by atoms with Gasteiger partial charge < -0.3 is 20.0 Å². The van der Waals surface area contributed by atoms with Crippen LogP contribution in [0, 0.1) is 0 Å². The third-order valence-corrected chi connectivity index (χ3v) is 2.54. The molecule has 1 heterocycles. The fourth-order valence-electron chi connectivity index (χ4n) is 1.75. The van der Waals surface area contributed by atoms with Crippen molar-refractivity contribution < 1.29 is 19.8 Å². The second-order valence-electron chi connectivity index (χ2n) is 3.85. The molecule has 0 radical (unpaired) electrons. The van der Waals surface area contributed by atoms with Crippen LogP contribution < -0.4 is 0 Å². The van der Waals surface area contributed by atoms with E-state index in [9.17, 15) is 14.7 Å². The highest BCUT2D eigenvalue weighted by atomic mass is 16.4. The first-order chi connectivity index (χ1) is 7.47. The summed E-state index contributed by atoms with van der Waals surface area (Å²) in [6.45, 7) is 3.91. The maximum absolute atomic E-state index is 11.8. The lowest BCUT2D eigenvalue weighted by molar-refractivity contribution is -0.141. The number of aliphatic carboxylic acids is 1. The van der Waals surface area contributed by atoms with E-state index in [1.807, 2.05) is 0 Å². The number of hydrogen-bond acceptors (Lipinski definition) is 3. The number of aliphatic hydroxyl groups excluding tert-OH is 1. The molecule has 1 aliphatic heterocycles. The molecule has 16 heavy (non-hydrogen) atoms. The maximum atomic E-state index is 11.8. The number of carboxylic acids is 1. The molecule has 2 atom stereocenters. The van der Waals surface area contributed by atoms with Gasteiger partial charge >= 0.3 is 12.0 Å². The Bertz CT molecular complexity index is 305. The summed E-state index contributed by atoms with van der Waals surface area (Å²) < 4.78 is 0. The Morgan fingerprint density at radius 1 is 1.62 bits per heavy atom. The molecule has 0 aliphatic carbocycles. The van der Waals surface area contributed by atoms with Crippen LogP contribution in [0.4, 0.5) is 4.79 Å². The van der Waals surface area contributed by atoms with E-state index in [1.54, 1.807) is 13.1 Å². The van der Waals surface area contributed by atoms with Crippen molar-refractivity contribution in [3.05, 3.63) is 12.7 Å². The number of nitrogens with zero attached hydrogens (tertiary/aromatic N) is 2. The van der Waals surface area contributed by atoms with E-state index in [1.165, 1.54) is 9.80 Å². The molecule has 2 N–H and O–H groups in total. The van der Waals surface area contributed by atoms with Gasteiger partial charge in [-0.3, -0.25) is 0 Å². The third-order valence-electron chi connectivity index (χ3n) is 2.54. The summed E-state index contributed by atoms with van der Waals surface area (Å²) in [5, 5.41) is 18.3. The van der Waals surface area contributed by atoms with Gasteiger partial charge in [0.25, 0.3) is 0 Å². The average Bonchev–Trinajstić information content (AvgIpc) is 2.59. The first kappa shape index (κ1) is 12.5. The van der Waals surface area contributed by atoms with Crippen molar-refractivity contribution >= 4 is 12.0 Å². The number of aliphatic hydroxyl groups is 1. The molecule has 0 saturated carbocycles. The van der Waals surface area contributed by atoms with Crippen molar-refractivity contribution in [2.45, 2.75) is 18.6 Å². The summed E-state index contributed by atoms with van der Waals surface area (Å²) in [5.74, 6) is -1.09. The predicted molar refractivity (Wildman–Crippen MR) is 57.0 cm³/mol. The van der Waals surface area contributed by atoms with Gasteiger partial charge in [0.1, 0.15) is 6.04 Å². The standard InChI is InChI=1S/C10H16N2O4/c1-3-4-11(2)10(16)12-6-7(13)5-8(12)9(14)15/h3,7-8,13H,1,4-6H2,2H3,(H,14,15)/t7-,8+/m1/s1. The van der Waals surface area contributed by atoms with Gasteiger partial charge in [-0.25, -0.2) is 9.59 Å². The third kappa shape index (κ3) is 2.52. The zero-order chi connectivity index (χ0) is 12.3. The number of amides is 2. The van der Waals surface area contributed by atoms with Crippen LogP contribution in [0.5, 0.6) is 0 Å². The van der Waals surface area contributed by atoms with Crippen LogP contribution in [0.3, 0.4) is 0 Å². The van der Waals surface area contributed by atoms with Crippen LogP contribution in [0.1, 0.15) is 6.42 Å². The van der Waals surface area contributed by atoms with Crippen LogP contribution in [0.15, 0.2) is 12.7 Å². The summed E-state index contributed by atoms with van der Waals surface area (Å²) in [6, 6.07) is -1.33. The lowest BCUT2D eigenvalue weighted by Gasteiger charge is -2.26. The fraction of sp³-hybridized carbons (Fsp3) is 0.600. The highest BCUT2D eigenvalue weighted by molar-refractivity contribution is 5.83. The van der Waals surface area contributed by atoms with Gasteiger partial charge in [0, 0.05) is 26.6 Å². The molecule has 0 unspecified atom stereocenters. The van der Waals surface area contributed by atoms with E-state index >= 15 is 0 Å². The molecule has 90 valence electrons. The number of likely N-dealkylation sites (N-methyl/N-ethyl adjacent to an activating group) is 1. The number of β-amino-alcohol motifs (C(OH)–C–C–N with tert-alkyl or cyclic N) is 1. The molecular weight excluding hydrogens is 212 g/mol. The Morgan fingerprint density at radius 2 is 2.25 bits per heavy atom. The van der Waals surface area contributed by atoms with Gasteiger partial charge in [0.05, 0.1) is 6.10 Å². The lowest BCUT2D eigenvalue weighted by atomic mass is 10.2. The number of urea groups is 1. The Labute approximate surface area is 93.8 Å². The summed E-state index contributed by atoms with van der Waals surface area (Å²) in [6.07, 6.45) is 0.880. The SMILES string of the molecule is C=CCN(C)C(=O)N1C[C@H](O)C[C@H]1C(=O)O. The van der Waals surface area contributed by atoms with Crippen molar-refractivity contribution in [2.75, 3.05) is 20.1 Å². The van der Waals surface area contributed by atoms with E-state index in [0.717, 1.165) is 0 Å². The molecule has 0 bridgehead atoms. The van der Waals surface area contributed by atoms with Gasteiger partial charge in [0.15, 0.2) is 0 Å². The fourth-order valence-corrected chi connectivity index (χ4v) is 1.75. The van der Waals surface area contributed by atoms with Crippen molar-refractivity contribution in [1.82, 2.24) is 9.80 Å². The van der Waals surface area contributed by atoms with Crippen LogP contribution in [0.2, 0.25) is 0 Å². The van der Waals surface area contributed by atoms with Crippen LogP contribution >= 0.6 is 0 Å². The Morgan fingerprint density at radius 3 is 2.75 bits per heavy atom. The quantitative estimate of drug-likeness (QED) is 0.652. The van der Waals surface area contributed by atoms with Gasteiger partial charge in [-0.2, -0.15) is 0 Å². The predicted octanol–water partition coefficient (Wildman–Crippen LogP) is -0.256. The highest BCUT2D eigenvalue weighted by Crippen LogP contribution is 2.19. The number of rotatable bonds is 3. The first-order valence-electron chi connectivity index (χ1n) is 5.01. The molecular formula is C10H16N2O4. The van der Waals surface area contributed by atoms with E-state index in [-0.39, 0.29) is 13.0 Å². The molecule has 1 aliphatic rings. The monoisotopic (exact) mass is 228 g/mol. The van der Waals surface area contributed by atoms with Crippen LogP contribution in [0.25, 0.3) is 0 Å². The van der Waals surface area contributed by atoms with E-state index in [0.29, 0.717) is 6.54 Å². The molecule has 2 amide bonds. The van der Waals surface area contributed by atoms with Crippen LogP contribution in [-0.4, -0.2) is 64.3 Å². The van der Waals surface area contributed by atoms with E-state index in [4.69, 9.17) is 5.11 Å². The minimum absolute atomic E-state index is 0.0667. The largest absolute Gasteiger partial charge is 0.480 e. The Kier molecular flexibility index (Phi) is 3.89. The summed E-state index contributed by atoms with van der Waals surface area (Å²) >= 11 is 0. The van der Waals surface area contributed by atoms with Crippen LogP contribution in [-0.2, 0) is 4.79 Å². The Hall–Kier alpha value is -1.56. The van der Waals surface area contributed by atoms with E-state index < -0.39 is 24.1 Å². The van der Waals surface area contributed by atoms with Gasteiger partial charge in [-0.1, -0.05) is 6.08 Å². The summed E-state index contributed by atoms with van der Waals surface area (Å²) in [7, 11) is 1.56. The molecule has 0 aromatic carbocycles. The van der Waals surface area contributed by atoms with Gasteiger partial charge in [0.2, 0.25) is 0 Å². The molecule has 0 aromatic heterocycles. The number of carbonyl (C=O) groups is 2. The zero-order valence-corrected chi connectivity index (χ0v) is 9.17. The number of likely N-dealkylation sites (tertiary alicyclic amines) is 1. The summed E-state index contributed by atoms with van der Waals surface area (Å²) in [4.78, 5) is 25.3. The average molecular weight is 228 g/mol. The molecule has 6 nitrogen and oxygen atoms in total. The minimum atomic E-state index is -1.09. The summed E-state index contributed by atoms with van der Waals surface area (Å²) in [5.41, 5.74) is 0. The second-order valence-corrected chi connectivity index (χ2v) is 3.85. The first-order valence-corrected chi connectivity index (χ1v) is 5.01. The van der Waals surface area contributed by atoms with Gasteiger partial charge in [-0.05, 0) is 0 Å². The minimum Gasteiger partial charge on any atom is -0.480 e. The molecule has 0 spiro atoms. The lowest BCUT2D eigenvalue weighted by Crippen LogP contribution is -2.46. The normalized spacial score (nSPS) is 24.2. The molecule has 0 aromatic rings. The number of carboxylic acid groups (broad SMARTS) is 1. The smallest absolute Gasteiger partial charge is 0.326 e. The van der Waals surface area contributed by atoms with Gasteiger partial charge in [-0.15, -0.1) is 6.58 Å². The number of hydrogen-bond donors (Lipinski definition) is 2. The van der Waals surface area contributed by atoms with Crippen molar-refractivity contribution in [3.8, 4) is 0 Å². The van der Waals surface area contributed by atoms with E-state index in [2.05, 4.69) is 6.58 Å². The topological polar surface area (TPSA) is 81.1 Å². The van der Waals surface area contributed by atoms with Crippen molar-refractivity contribution in [1.29, 1.82) is 0 Å².